The van der Waals surface area contributed by atoms with Crippen LogP contribution in [0.15, 0.2) is 28.8 Å². The molecule has 0 radical (unpaired) electrons. The molecule has 1 amide bonds. The predicted octanol–water partition coefficient (Wildman–Crippen LogP) is 3.98. The highest BCUT2D eigenvalue weighted by Crippen LogP contribution is 2.52. The van der Waals surface area contributed by atoms with E-state index < -0.39 is 0 Å². The first-order valence-electron chi connectivity index (χ1n) is 11.1. The summed E-state index contributed by atoms with van der Waals surface area (Å²) in [7, 11) is 0. The number of fused-ring (bicyclic) bond motifs is 2. The Balaban J connectivity index is 1.29. The number of hydrogen-bond donors (Lipinski definition) is 1. The van der Waals surface area contributed by atoms with Gasteiger partial charge in [0.2, 0.25) is 5.91 Å². The number of hydrogen-bond acceptors (Lipinski definition) is 4. The molecule has 1 spiro atoms. The summed E-state index contributed by atoms with van der Waals surface area (Å²) in [5.74, 6) is 1.54. The van der Waals surface area contributed by atoms with Crippen molar-refractivity contribution in [3.05, 3.63) is 52.4 Å². The Hall–Kier alpha value is -2.14. The Labute approximate surface area is 172 Å². The van der Waals surface area contributed by atoms with E-state index in [1.807, 2.05) is 13.8 Å². The van der Waals surface area contributed by atoms with Crippen LogP contribution in [0.5, 0.6) is 0 Å². The van der Waals surface area contributed by atoms with Gasteiger partial charge in [-0.1, -0.05) is 29.4 Å². The minimum atomic E-state index is 0.232. The Morgan fingerprint density at radius 1 is 1.24 bits per heavy atom. The quantitative estimate of drug-likeness (QED) is 0.835. The Morgan fingerprint density at radius 2 is 2.00 bits per heavy atom. The molecular weight excluding hydrogens is 362 g/mol. The average molecular weight is 394 g/mol. The number of nitrogens with zero attached hydrogens (tertiary/aromatic N) is 2. The van der Waals surface area contributed by atoms with Crippen molar-refractivity contribution in [2.75, 3.05) is 13.1 Å². The molecule has 1 aromatic heterocycles. The zero-order valence-corrected chi connectivity index (χ0v) is 17.5. The van der Waals surface area contributed by atoms with Crippen molar-refractivity contribution in [1.29, 1.82) is 0 Å². The lowest BCUT2D eigenvalue weighted by atomic mass is 9.73. The first-order valence-corrected chi connectivity index (χ1v) is 11.1. The van der Waals surface area contributed by atoms with Gasteiger partial charge in [0, 0.05) is 24.6 Å². The molecule has 2 aliphatic carbocycles. The van der Waals surface area contributed by atoms with E-state index in [-0.39, 0.29) is 11.3 Å². The molecule has 5 heteroatoms. The van der Waals surface area contributed by atoms with E-state index in [9.17, 15) is 4.79 Å². The second-order valence-electron chi connectivity index (χ2n) is 9.39. The monoisotopic (exact) mass is 393 g/mol. The molecule has 1 N–H and O–H groups in total. The minimum absolute atomic E-state index is 0.232. The third-order valence-electron chi connectivity index (χ3n) is 7.36. The van der Waals surface area contributed by atoms with Gasteiger partial charge in [-0.2, -0.15) is 0 Å². The van der Waals surface area contributed by atoms with E-state index in [1.165, 1.54) is 16.7 Å². The van der Waals surface area contributed by atoms with Crippen LogP contribution in [0.2, 0.25) is 0 Å². The highest BCUT2D eigenvalue weighted by atomic mass is 16.5. The Morgan fingerprint density at radius 3 is 2.69 bits per heavy atom. The van der Waals surface area contributed by atoms with Crippen LogP contribution in [0, 0.1) is 13.8 Å². The summed E-state index contributed by atoms with van der Waals surface area (Å²) >= 11 is 0. The van der Waals surface area contributed by atoms with Gasteiger partial charge in [0.05, 0.1) is 5.69 Å². The standard InChI is InChI=1S/C24H31N3O2/c1-16-21(17(2)29-26-16)15-27-11-9-24(10-12-27)14-18(13-23(28)25-19-7-8-19)20-5-3-4-6-22(20)24/h3-6,18-19H,7-15H2,1-2H3,(H,25,28)/t18-/m0/s1. The first kappa shape index (κ1) is 18.9. The van der Waals surface area contributed by atoms with Crippen molar-refractivity contribution in [1.82, 2.24) is 15.4 Å². The molecular formula is C24H31N3O2. The molecule has 3 aliphatic rings. The summed E-state index contributed by atoms with van der Waals surface area (Å²) in [5, 5.41) is 7.29. The fourth-order valence-electron chi connectivity index (χ4n) is 5.51. The maximum absolute atomic E-state index is 12.5. The fourth-order valence-corrected chi connectivity index (χ4v) is 5.51. The molecule has 0 bridgehead atoms. The number of carbonyl (C=O) groups excluding carboxylic acids is 1. The van der Waals surface area contributed by atoms with E-state index in [2.05, 4.69) is 39.6 Å². The zero-order valence-electron chi connectivity index (χ0n) is 17.5. The van der Waals surface area contributed by atoms with Gasteiger partial charge in [-0.25, -0.2) is 0 Å². The Bertz CT molecular complexity index is 887. The lowest BCUT2D eigenvalue weighted by Gasteiger charge is -2.40. The maximum atomic E-state index is 12.5. The van der Waals surface area contributed by atoms with Gasteiger partial charge in [-0.3, -0.25) is 9.69 Å². The second-order valence-corrected chi connectivity index (χ2v) is 9.39. The fraction of sp³-hybridized carbons (Fsp3) is 0.583. The van der Waals surface area contributed by atoms with Gasteiger partial charge in [0.25, 0.3) is 0 Å². The summed E-state index contributed by atoms with van der Waals surface area (Å²) in [6.07, 6.45) is 6.37. The third-order valence-corrected chi connectivity index (χ3v) is 7.36. The molecule has 2 heterocycles. The van der Waals surface area contributed by atoms with E-state index in [4.69, 9.17) is 4.52 Å². The molecule has 1 aromatic carbocycles. The minimum Gasteiger partial charge on any atom is -0.361 e. The molecule has 5 nitrogen and oxygen atoms in total. The van der Waals surface area contributed by atoms with Crippen LogP contribution >= 0.6 is 0 Å². The molecule has 1 saturated heterocycles. The lowest BCUT2D eigenvalue weighted by Crippen LogP contribution is -2.41. The third kappa shape index (κ3) is 3.61. The average Bonchev–Trinajstić information content (AvgIpc) is 3.42. The summed E-state index contributed by atoms with van der Waals surface area (Å²) < 4.78 is 5.34. The smallest absolute Gasteiger partial charge is 0.220 e. The molecule has 154 valence electrons. The van der Waals surface area contributed by atoms with Crippen LogP contribution in [-0.4, -0.2) is 35.1 Å². The number of likely N-dealkylation sites (tertiary alicyclic amines) is 1. The predicted molar refractivity (Wildman–Crippen MR) is 112 cm³/mol. The van der Waals surface area contributed by atoms with Crippen molar-refractivity contribution in [2.45, 2.75) is 76.3 Å². The molecule has 0 unspecified atom stereocenters. The molecule has 1 atom stereocenters. The highest BCUT2D eigenvalue weighted by molar-refractivity contribution is 5.78. The largest absolute Gasteiger partial charge is 0.361 e. The van der Waals surface area contributed by atoms with E-state index in [1.54, 1.807) is 0 Å². The number of piperidine rings is 1. The van der Waals surface area contributed by atoms with Crippen LogP contribution in [0.4, 0.5) is 0 Å². The molecule has 29 heavy (non-hydrogen) atoms. The Kier molecular flexibility index (Phi) is 4.73. The molecule has 1 aliphatic heterocycles. The van der Waals surface area contributed by atoms with Crippen LogP contribution < -0.4 is 5.32 Å². The van der Waals surface area contributed by atoms with Crippen LogP contribution in [0.1, 0.15) is 72.6 Å². The van der Waals surface area contributed by atoms with E-state index >= 15 is 0 Å². The highest BCUT2D eigenvalue weighted by Gasteiger charge is 2.45. The number of amides is 1. The SMILES string of the molecule is Cc1noc(C)c1CN1CCC2(CC1)C[C@H](CC(=O)NC1CC1)c1ccccc12. The number of benzene rings is 1. The van der Waals surface area contributed by atoms with Crippen molar-refractivity contribution < 1.29 is 9.32 Å². The first-order chi connectivity index (χ1) is 14.0. The van der Waals surface area contributed by atoms with Crippen LogP contribution in [0.3, 0.4) is 0 Å². The van der Waals surface area contributed by atoms with Crippen molar-refractivity contribution in [2.24, 2.45) is 0 Å². The van der Waals surface area contributed by atoms with Gasteiger partial charge in [-0.15, -0.1) is 0 Å². The van der Waals surface area contributed by atoms with Crippen LogP contribution in [-0.2, 0) is 16.8 Å². The summed E-state index contributed by atoms with van der Waals surface area (Å²) in [5.41, 5.74) is 5.40. The van der Waals surface area contributed by atoms with Gasteiger partial charge in [0.15, 0.2) is 0 Å². The van der Waals surface area contributed by atoms with Crippen molar-refractivity contribution in [3.8, 4) is 0 Å². The lowest BCUT2D eigenvalue weighted by molar-refractivity contribution is -0.121. The number of aryl methyl sites for hydroxylation is 2. The number of carbonyl (C=O) groups is 1. The van der Waals surface area contributed by atoms with Gasteiger partial charge in [0.1, 0.15) is 5.76 Å². The van der Waals surface area contributed by atoms with Gasteiger partial charge in [-0.05, 0) is 81.5 Å². The number of nitrogens with one attached hydrogen (secondary N) is 1. The van der Waals surface area contributed by atoms with Crippen molar-refractivity contribution in [3.63, 3.8) is 0 Å². The summed E-state index contributed by atoms with van der Waals surface area (Å²) in [4.78, 5) is 15.0. The molecule has 2 fully saturated rings. The molecule has 5 rings (SSSR count). The molecule has 1 saturated carbocycles. The van der Waals surface area contributed by atoms with E-state index in [0.717, 1.165) is 63.2 Å². The van der Waals surface area contributed by atoms with E-state index in [0.29, 0.717) is 18.4 Å². The van der Waals surface area contributed by atoms with Gasteiger partial charge >= 0.3 is 0 Å². The topological polar surface area (TPSA) is 58.4 Å². The van der Waals surface area contributed by atoms with Crippen LogP contribution in [0.25, 0.3) is 0 Å². The normalized spacial score (nSPS) is 23.3. The second kappa shape index (κ2) is 7.28. The molecule has 2 aromatic rings. The summed E-state index contributed by atoms with van der Waals surface area (Å²) in [6.45, 7) is 7.12. The summed E-state index contributed by atoms with van der Waals surface area (Å²) in [6, 6.07) is 9.33. The zero-order chi connectivity index (χ0) is 20.0. The number of aromatic nitrogens is 1. The van der Waals surface area contributed by atoms with Crippen molar-refractivity contribution >= 4 is 5.91 Å². The van der Waals surface area contributed by atoms with Gasteiger partial charge < -0.3 is 9.84 Å². The maximum Gasteiger partial charge on any atom is 0.220 e. The number of rotatable bonds is 5.